The lowest BCUT2D eigenvalue weighted by molar-refractivity contribution is -0.116. The molecule has 3 rings (SSSR count). The number of hydrogen-bond donors (Lipinski definition) is 2. The highest BCUT2D eigenvalue weighted by Crippen LogP contribution is 2.27. The SMILES string of the molecule is O=C(CCC1CCCCC1)Nc1ccc2c(c1)CNCC2. The highest BCUT2D eigenvalue weighted by atomic mass is 16.1. The average Bonchev–Trinajstić information content (AvgIpc) is 2.54. The first-order valence-corrected chi connectivity index (χ1v) is 8.43. The second-order valence-electron chi connectivity index (χ2n) is 6.50. The van der Waals surface area contributed by atoms with Crippen LogP contribution in [0, 0.1) is 5.92 Å². The van der Waals surface area contributed by atoms with Crippen LogP contribution >= 0.6 is 0 Å². The minimum absolute atomic E-state index is 0.171. The van der Waals surface area contributed by atoms with E-state index in [4.69, 9.17) is 0 Å². The van der Waals surface area contributed by atoms with Gasteiger partial charge in [0.1, 0.15) is 0 Å². The zero-order valence-electron chi connectivity index (χ0n) is 12.8. The van der Waals surface area contributed by atoms with Gasteiger partial charge in [-0.15, -0.1) is 0 Å². The van der Waals surface area contributed by atoms with Gasteiger partial charge in [0, 0.05) is 18.7 Å². The molecule has 0 saturated heterocycles. The smallest absolute Gasteiger partial charge is 0.224 e. The van der Waals surface area contributed by atoms with Gasteiger partial charge in [-0.05, 0) is 48.6 Å². The Morgan fingerprint density at radius 3 is 2.90 bits per heavy atom. The van der Waals surface area contributed by atoms with Crippen LogP contribution in [0.5, 0.6) is 0 Å². The highest BCUT2D eigenvalue weighted by Gasteiger charge is 2.15. The van der Waals surface area contributed by atoms with E-state index in [0.717, 1.165) is 37.5 Å². The van der Waals surface area contributed by atoms with Crippen LogP contribution < -0.4 is 10.6 Å². The largest absolute Gasteiger partial charge is 0.326 e. The molecule has 1 saturated carbocycles. The van der Waals surface area contributed by atoms with Crippen molar-refractivity contribution in [2.75, 3.05) is 11.9 Å². The molecule has 21 heavy (non-hydrogen) atoms. The highest BCUT2D eigenvalue weighted by molar-refractivity contribution is 5.90. The Labute approximate surface area is 127 Å². The Kier molecular flexibility index (Phi) is 4.91. The summed E-state index contributed by atoms with van der Waals surface area (Å²) in [6.45, 7) is 1.97. The maximum absolute atomic E-state index is 12.1. The molecule has 2 aliphatic rings. The number of nitrogens with one attached hydrogen (secondary N) is 2. The predicted molar refractivity (Wildman–Crippen MR) is 86.3 cm³/mol. The molecule has 1 aromatic rings. The minimum Gasteiger partial charge on any atom is -0.326 e. The molecule has 1 heterocycles. The van der Waals surface area contributed by atoms with Crippen LogP contribution in [0.1, 0.15) is 56.1 Å². The van der Waals surface area contributed by atoms with Crippen molar-refractivity contribution < 1.29 is 4.79 Å². The Balaban J connectivity index is 1.50. The third-order valence-electron chi connectivity index (χ3n) is 4.88. The van der Waals surface area contributed by atoms with Crippen molar-refractivity contribution in [3.05, 3.63) is 29.3 Å². The van der Waals surface area contributed by atoms with E-state index >= 15 is 0 Å². The molecular formula is C18H26N2O. The molecule has 114 valence electrons. The fourth-order valence-electron chi connectivity index (χ4n) is 3.59. The zero-order chi connectivity index (χ0) is 14.5. The Bertz CT molecular complexity index is 492. The summed E-state index contributed by atoms with van der Waals surface area (Å²) in [5.41, 5.74) is 3.69. The van der Waals surface area contributed by atoms with Crippen molar-refractivity contribution >= 4 is 11.6 Å². The summed E-state index contributed by atoms with van der Waals surface area (Å²) in [6, 6.07) is 6.33. The number of amides is 1. The molecule has 0 radical (unpaired) electrons. The fraction of sp³-hybridized carbons (Fsp3) is 0.611. The van der Waals surface area contributed by atoms with E-state index < -0.39 is 0 Å². The Morgan fingerprint density at radius 2 is 2.05 bits per heavy atom. The number of fused-ring (bicyclic) bond motifs is 1. The first-order chi connectivity index (χ1) is 10.3. The van der Waals surface area contributed by atoms with E-state index in [1.54, 1.807) is 0 Å². The molecule has 1 amide bonds. The van der Waals surface area contributed by atoms with Crippen LogP contribution in [0.3, 0.4) is 0 Å². The van der Waals surface area contributed by atoms with Gasteiger partial charge in [-0.25, -0.2) is 0 Å². The predicted octanol–water partition coefficient (Wildman–Crippen LogP) is 3.63. The molecule has 0 unspecified atom stereocenters. The molecule has 1 aliphatic carbocycles. The number of benzene rings is 1. The Morgan fingerprint density at radius 1 is 1.19 bits per heavy atom. The van der Waals surface area contributed by atoms with Crippen molar-refractivity contribution in [1.29, 1.82) is 0 Å². The van der Waals surface area contributed by atoms with Gasteiger partial charge in [-0.2, -0.15) is 0 Å². The monoisotopic (exact) mass is 286 g/mol. The molecule has 1 aliphatic heterocycles. The first-order valence-electron chi connectivity index (χ1n) is 8.43. The molecule has 3 nitrogen and oxygen atoms in total. The molecular weight excluding hydrogens is 260 g/mol. The van der Waals surface area contributed by atoms with Gasteiger partial charge in [-0.3, -0.25) is 4.79 Å². The van der Waals surface area contributed by atoms with Gasteiger partial charge in [0.15, 0.2) is 0 Å². The van der Waals surface area contributed by atoms with Crippen molar-refractivity contribution in [2.45, 2.75) is 57.9 Å². The number of carbonyl (C=O) groups excluding carboxylic acids is 1. The molecule has 0 bridgehead atoms. The van der Waals surface area contributed by atoms with Crippen LogP contribution in [-0.2, 0) is 17.8 Å². The average molecular weight is 286 g/mol. The van der Waals surface area contributed by atoms with Gasteiger partial charge in [0.05, 0.1) is 0 Å². The van der Waals surface area contributed by atoms with Gasteiger partial charge in [0.25, 0.3) is 0 Å². The maximum Gasteiger partial charge on any atom is 0.224 e. The zero-order valence-corrected chi connectivity index (χ0v) is 12.8. The summed E-state index contributed by atoms with van der Waals surface area (Å²) in [5, 5.41) is 6.44. The summed E-state index contributed by atoms with van der Waals surface area (Å²) in [6.07, 6.45) is 9.53. The van der Waals surface area contributed by atoms with E-state index in [9.17, 15) is 4.79 Å². The lowest BCUT2D eigenvalue weighted by Gasteiger charge is -2.21. The number of rotatable bonds is 4. The quantitative estimate of drug-likeness (QED) is 0.887. The van der Waals surface area contributed by atoms with Crippen molar-refractivity contribution in [1.82, 2.24) is 5.32 Å². The van der Waals surface area contributed by atoms with E-state index in [0.29, 0.717) is 6.42 Å². The molecule has 0 spiro atoms. The number of anilines is 1. The summed E-state index contributed by atoms with van der Waals surface area (Å²) in [5.74, 6) is 0.946. The standard InChI is InChI=1S/C18H26N2O/c21-18(9-6-14-4-2-1-3-5-14)20-17-8-7-15-10-11-19-13-16(15)12-17/h7-8,12,14,19H,1-6,9-11,13H2,(H,20,21). The van der Waals surface area contributed by atoms with Gasteiger partial charge >= 0.3 is 0 Å². The lowest BCUT2D eigenvalue weighted by atomic mass is 9.86. The lowest BCUT2D eigenvalue weighted by Crippen LogP contribution is -2.23. The van der Waals surface area contributed by atoms with E-state index in [1.165, 1.54) is 43.2 Å². The number of carbonyl (C=O) groups is 1. The molecule has 3 heteroatoms. The second kappa shape index (κ2) is 7.08. The summed E-state index contributed by atoms with van der Waals surface area (Å²) < 4.78 is 0. The van der Waals surface area contributed by atoms with E-state index in [-0.39, 0.29) is 5.91 Å². The van der Waals surface area contributed by atoms with E-state index in [1.807, 2.05) is 6.07 Å². The third kappa shape index (κ3) is 4.07. The van der Waals surface area contributed by atoms with Crippen molar-refractivity contribution in [2.24, 2.45) is 5.92 Å². The van der Waals surface area contributed by atoms with E-state index in [2.05, 4.69) is 22.8 Å². The molecule has 0 atom stereocenters. The summed E-state index contributed by atoms with van der Waals surface area (Å²) >= 11 is 0. The molecule has 1 fully saturated rings. The summed E-state index contributed by atoms with van der Waals surface area (Å²) in [7, 11) is 0. The van der Waals surface area contributed by atoms with Gasteiger partial charge in [0.2, 0.25) is 5.91 Å². The van der Waals surface area contributed by atoms with Crippen LogP contribution in [0.15, 0.2) is 18.2 Å². The van der Waals surface area contributed by atoms with Crippen molar-refractivity contribution in [3.63, 3.8) is 0 Å². The third-order valence-corrected chi connectivity index (χ3v) is 4.88. The Hall–Kier alpha value is -1.35. The van der Waals surface area contributed by atoms with Crippen LogP contribution in [-0.4, -0.2) is 12.5 Å². The topological polar surface area (TPSA) is 41.1 Å². The summed E-state index contributed by atoms with van der Waals surface area (Å²) in [4.78, 5) is 12.1. The first kappa shape index (κ1) is 14.6. The van der Waals surface area contributed by atoms with Crippen LogP contribution in [0.4, 0.5) is 5.69 Å². The van der Waals surface area contributed by atoms with Crippen LogP contribution in [0.2, 0.25) is 0 Å². The molecule has 2 N–H and O–H groups in total. The molecule has 1 aromatic carbocycles. The van der Waals surface area contributed by atoms with Gasteiger partial charge < -0.3 is 10.6 Å². The molecule has 0 aromatic heterocycles. The minimum atomic E-state index is 0.171. The van der Waals surface area contributed by atoms with Gasteiger partial charge in [-0.1, -0.05) is 38.2 Å². The van der Waals surface area contributed by atoms with Crippen molar-refractivity contribution in [3.8, 4) is 0 Å². The second-order valence-corrected chi connectivity index (χ2v) is 6.50. The fourth-order valence-corrected chi connectivity index (χ4v) is 3.59. The maximum atomic E-state index is 12.1. The normalized spacial score (nSPS) is 19.0. The van der Waals surface area contributed by atoms with Crippen LogP contribution in [0.25, 0.3) is 0 Å². The number of hydrogen-bond acceptors (Lipinski definition) is 2.